The van der Waals surface area contributed by atoms with Crippen LogP contribution in [0.3, 0.4) is 0 Å². The molecule has 0 heterocycles. The maximum atomic E-state index is 12.7. The maximum Gasteiger partial charge on any atom is 0.410 e. The van der Waals surface area contributed by atoms with E-state index < -0.39 is 22.9 Å². The minimum atomic E-state index is -0.549. The van der Waals surface area contributed by atoms with Gasteiger partial charge >= 0.3 is 18.3 Å². The number of unbranched alkanes of at least 4 members (excludes halogenated alkanes) is 5. The molecule has 0 aromatic rings. The second-order valence-electron chi connectivity index (χ2n) is 12.9. The van der Waals surface area contributed by atoms with E-state index in [0.29, 0.717) is 32.6 Å². The number of ether oxygens (including phenoxy) is 3. The molecule has 0 aliphatic rings. The summed E-state index contributed by atoms with van der Waals surface area (Å²) >= 11 is 0. The lowest BCUT2D eigenvalue weighted by Crippen LogP contribution is -2.39. The van der Waals surface area contributed by atoms with Crippen LogP contribution in [0.25, 0.3) is 0 Å². The molecule has 0 rings (SSSR count). The van der Waals surface area contributed by atoms with Crippen molar-refractivity contribution in [2.45, 2.75) is 130 Å². The fourth-order valence-electron chi connectivity index (χ4n) is 3.50. The molecule has 10 nitrogen and oxygen atoms in total. The normalized spacial score (nSPS) is 12.0. The number of carbonyl (C=O) groups excluding carboxylic acids is 3. The van der Waals surface area contributed by atoms with Gasteiger partial charge in [-0.25, -0.2) is 14.4 Å². The lowest BCUT2D eigenvalue weighted by atomic mass is 10.1. The highest BCUT2D eigenvalue weighted by Gasteiger charge is 2.22. The molecule has 0 aliphatic carbocycles. The summed E-state index contributed by atoms with van der Waals surface area (Å²) in [6.07, 6.45) is 6.91. The fourth-order valence-corrected chi connectivity index (χ4v) is 3.50. The highest BCUT2D eigenvalue weighted by Crippen LogP contribution is 2.13. The maximum absolute atomic E-state index is 12.7. The van der Waals surface area contributed by atoms with Crippen molar-refractivity contribution in [1.82, 2.24) is 20.9 Å². The first-order chi connectivity index (χ1) is 18.0. The van der Waals surface area contributed by atoms with E-state index in [2.05, 4.69) is 16.0 Å². The molecule has 0 aliphatic heterocycles. The summed E-state index contributed by atoms with van der Waals surface area (Å²) < 4.78 is 16.0. The molecule has 39 heavy (non-hydrogen) atoms. The fraction of sp³-hybridized carbons (Fsp3) is 0.897. The van der Waals surface area contributed by atoms with Crippen LogP contribution in [0.2, 0.25) is 0 Å². The van der Waals surface area contributed by atoms with Crippen LogP contribution in [-0.4, -0.2) is 79.3 Å². The number of rotatable bonds is 17. The number of carbonyl (C=O) groups is 3. The van der Waals surface area contributed by atoms with Gasteiger partial charge in [0.05, 0.1) is 0 Å². The van der Waals surface area contributed by atoms with Crippen LogP contribution in [0.15, 0.2) is 0 Å². The van der Waals surface area contributed by atoms with E-state index in [9.17, 15) is 14.4 Å². The molecule has 0 atom stereocenters. The molecule has 0 aromatic carbocycles. The van der Waals surface area contributed by atoms with Gasteiger partial charge in [-0.2, -0.15) is 0 Å². The molecule has 0 saturated heterocycles. The van der Waals surface area contributed by atoms with E-state index in [-0.39, 0.29) is 12.2 Å². The molecule has 230 valence electrons. The molecule has 10 heteroatoms. The van der Waals surface area contributed by atoms with Crippen molar-refractivity contribution < 1.29 is 28.6 Å². The molecular weight excluding hydrogens is 500 g/mol. The van der Waals surface area contributed by atoms with Crippen LogP contribution in [-0.2, 0) is 14.2 Å². The Bertz CT molecular complexity index is 695. The van der Waals surface area contributed by atoms with Gasteiger partial charge in [-0.05, 0) is 101 Å². The summed E-state index contributed by atoms with van der Waals surface area (Å²) in [5.41, 5.74) is -1.56. The van der Waals surface area contributed by atoms with Crippen molar-refractivity contribution in [2.24, 2.45) is 0 Å². The van der Waals surface area contributed by atoms with Crippen molar-refractivity contribution in [3.8, 4) is 0 Å². The average Bonchev–Trinajstić information content (AvgIpc) is 2.74. The summed E-state index contributed by atoms with van der Waals surface area (Å²) in [5, 5.41) is 8.92. The van der Waals surface area contributed by atoms with Gasteiger partial charge in [-0.15, -0.1) is 0 Å². The van der Waals surface area contributed by atoms with Crippen molar-refractivity contribution in [3.63, 3.8) is 0 Å². The van der Waals surface area contributed by atoms with Crippen LogP contribution in [0.4, 0.5) is 14.4 Å². The van der Waals surface area contributed by atoms with Crippen LogP contribution in [0.1, 0.15) is 114 Å². The van der Waals surface area contributed by atoms with E-state index in [0.717, 1.165) is 58.0 Å². The Morgan fingerprint density at radius 1 is 0.513 bits per heavy atom. The Labute approximate surface area is 237 Å². The largest absolute Gasteiger partial charge is 0.444 e. The highest BCUT2D eigenvalue weighted by atomic mass is 16.6. The molecule has 3 N–H and O–H groups in total. The first-order valence-electron chi connectivity index (χ1n) is 14.6. The van der Waals surface area contributed by atoms with Gasteiger partial charge in [-0.1, -0.05) is 25.7 Å². The van der Waals surface area contributed by atoms with Crippen LogP contribution in [0.5, 0.6) is 0 Å². The molecule has 0 unspecified atom stereocenters. The van der Waals surface area contributed by atoms with E-state index in [4.69, 9.17) is 14.2 Å². The van der Waals surface area contributed by atoms with E-state index in [1.54, 1.807) is 4.90 Å². The van der Waals surface area contributed by atoms with Crippen molar-refractivity contribution in [3.05, 3.63) is 0 Å². The van der Waals surface area contributed by atoms with Crippen LogP contribution < -0.4 is 16.0 Å². The molecule has 0 aromatic heterocycles. The van der Waals surface area contributed by atoms with Crippen molar-refractivity contribution >= 4 is 18.3 Å². The average molecular weight is 559 g/mol. The van der Waals surface area contributed by atoms with Gasteiger partial charge in [0.1, 0.15) is 16.8 Å². The molecular formula is C29H58N4O6. The predicted molar refractivity (Wildman–Crippen MR) is 156 cm³/mol. The van der Waals surface area contributed by atoms with E-state index >= 15 is 0 Å². The van der Waals surface area contributed by atoms with Gasteiger partial charge in [0.15, 0.2) is 0 Å². The number of nitrogens with one attached hydrogen (secondary N) is 3. The molecule has 3 amide bonds. The Morgan fingerprint density at radius 2 is 0.923 bits per heavy atom. The highest BCUT2D eigenvalue weighted by molar-refractivity contribution is 5.68. The zero-order valence-corrected chi connectivity index (χ0v) is 26.3. The SMILES string of the molecule is CC(C)(C)OC(=O)NCCCNCCCCCCCCN(CCCNC(=O)OC(C)(C)C)C(=O)OC(C)(C)C. The summed E-state index contributed by atoms with van der Waals surface area (Å²) in [4.78, 5) is 37.8. The predicted octanol–water partition coefficient (Wildman–Crippen LogP) is 5.98. The van der Waals surface area contributed by atoms with Gasteiger partial charge in [-0.3, -0.25) is 0 Å². The van der Waals surface area contributed by atoms with Gasteiger partial charge in [0.25, 0.3) is 0 Å². The molecule has 0 saturated carbocycles. The zero-order valence-electron chi connectivity index (χ0n) is 26.3. The number of amides is 3. The van der Waals surface area contributed by atoms with Crippen LogP contribution >= 0.6 is 0 Å². The third kappa shape index (κ3) is 25.8. The lowest BCUT2D eigenvalue weighted by Gasteiger charge is -2.27. The quantitative estimate of drug-likeness (QED) is 0.148. The summed E-state index contributed by atoms with van der Waals surface area (Å²) in [6.45, 7) is 20.6. The first-order valence-corrected chi connectivity index (χ1v) is 14.6. The van der Waals surface area contributed by atoms with E-state index in [1.807, 2.05) is 62.3 Å². The molecule has 0 spiro atoms. The molecule has 0 radical (unpaired) electrons. The lowest BCUT2D eigenvalue weighted by molar-refractivity contribution is 0.0244. The van der Waals surface area contributed by atoms with Gasteiger partial charge < -0.3 is 35.1 Å². The standard InChI is InChI=1S/C29H58N4O6/c1-27(2,3)37-24(34)31-20-16-19-30-18-14-12-10-11-13-15-22-33(26(36)39-29(7,8)9)23-17-21-32-25(35)38-28(4,5)6/h30H,10-23H2,1-9H3,(H,31,34)(H,32,35). The van der Waals surface area contributed by atoms with E-state index in [1.165, 1.54) is 0 Å². The molecule has 0 bridgehead atoms. The topological polar surface area (TPSA) is 118 Å². The number of hydrogen-bond donors (Lipinski definition) is 3. The second kappa shape index (κ2) is 19.0. The third-order valence-corrected chi connectivity index (χ3v) is 5.15. The van der Waals surface area contributed by atoms with Crippen molar-refractivity contribution in [1.29, 1.82) is 0 Å². The summed E-state index contributed by atoms with van der Waals surface area (Å²) in [6, 6.07) is 0. The Hall–Kier alpha value is -2.23. The number of hydrogen-bond acceptors (Lipinski definition) is 7. The van der Waals surface area contributed by atoms with Crippen molar-refractivity contribution in [2.75, 3.05) is 39.3 Å². The Morgan fingerprint density at radius 3 is 1.44 bits per heavy atom. The minimum Gasteiger partial charge on any atom is -0.444 e. The Kier molecular flexibility index (Phi) is 17.9. The smallest absolute Gasteiger partial charge is 0.410 e. The Balaban J connectivity index is 4.00. The summed E-state index contributed by atoms with van der Waals surface area (Å²) in [5.74, 6) is 0. The van der Waals surface area contributed by atoms with Crippen LogP contribution in [0, 0.1) is 0 Å². The monoisotopic (exact) mass is 558 g/mol. The number of alkyl carbamates (subject to hydrolysis) is 2. The molecule has 0 fully saturated rings. The summed E-state index contributed by atoms with van der Waals surface area (Å²) in [7, 11) is 0. The zero-order chi connectivity index (χ0) is 30.0. The van der Waals surface area contributed by atoms with Gasteiger partial charge in [0, 0.05) is 26.2 Å². The minimum absolute atomic E-state index is 0.313. The number of nitrogens with zero attached hydrogens (tertiary/aromatic N) is 1. The third-order valence-electron chi connectivity index (χ3n) is 5.15. The second-order valence-corrected chi connectivity index (χ2v) is 12.9. The van der Waals surface area contributed by atoms with Gasteiger partial charge in [0.2, 0.25) is 0 Å². The first kappa shape index (κ1) is 36.8.